The molecule has 136 valence electrons. The Morgan fingerprint density at radius 3 is 2.15 bits per heavy atom. The Morgan fingerprint density at radius 2 is 1.44 bits per heavy atom. The molecule has 27 heavy (non-hydrogen) atoms. The molecule has 0 saturated heterocycles. The number of amides is 1. The molecule has 3 rings (SSSR count). The Balaban J connectivity index is 1.62. The van der Waals surface area contributed by atoms with E-state index in [4.69, 9.17) is 9.47 Å². The molecule has 0 unspecified atom stereocenters. The maximum Gasteiger partial charge on any atom is 0.339 e. The van der Waals surface area contributed by atoms with E-state index in [1.165, 1.54) is 6.92 Å². The van der Waals surface area contributed by atoms with Gasteiger partial charge in [-0.3, -0.25) is 4.79 Å². The summed E-state index contributed by atoms with van der Waals surface area (Å²) in [7, 11) is 0. The molecule has 1 atom stereocenters. The fourth-order valence-electron chi connectivity index (χ4n) is 2.36. The number of carbonyl (C=O) groups excluding carboxylic acids is 2. The summed E-state index contributed by atoms with van der Waals surface area (Å²) in [5, 5.41) is 2.70. The summed E-state index contributed by atoms with van der Waals surface area (Å²) >= 11 is 0. The van der Waals surface area contributed by atoms with E-state index in [-0.39, 0.29) is 0 Å². The van der Waals surface area contributed by atoms with Gasteiger partial charge in [-0.25, -0.2) is 4.79 Å². The predicted molar refractivity (Wildman–Crippen MR) is 103 cm³/mol. The van der Waals surface area contributed by atoms with Crippen LogP contribution in [0.5, 0.6) is 11.5 Å². The highest BCUT2D eigenvalue weighted by molar-refractivity contribution is 5.97. The molecule has 0 radical (unpaired) electrons. The van der Waals surface area contributed by atoms with E-state index >= 15 is 0 Å². The molecule has 0 bridgehead atoms. The lowest BCUT2D eigenvalue weighted by atomic mass is 10.2. The van der Waals surface area contributed by atoms with Gasteiger partial charge in [0.05, 0.1) is 5.56 Å². The summed E-state index contributed by atoms with van der Waals surface area (Å²) in [5.41, 5.74) is 0.950. The quantitative estimate of drug-likeness (QED) is 0.649. The number of esters is 1. The lowest BCUT2D eigenvalue weighted by Gasteiger charge is -2.14. The van der Waals surface area contributed by atoms with Crippen LogP contribution < -0.4 is 10.1 Å². The Hall–Kier alpha value is -3.60. The first kappa shape index (κ1) is 18.2. The molecule has 0 aliphatic heterocycles. The van der Waals surface area contributed by atoms with Crippen LogP contribution in [-0.4, -0.2) is 18.0 Å². The second kappa shape index (κ2) is 8.67. The van der Waals surface area contributed by atoms with Crippen LogP contribution in [-0.2, 0) is 9.53 Å². The fourth-order valence-corrected chi connectivity index (χ4v) is 2.36. The molecule has 3 aromatic rings. The van der Waals surface area contributed by atoms with Crippen LogP contribution in [0.2, 0.25) is 0 Å². The zero-order valence-electron chi connectivity index (χ0n) is 14.8. The number of hydrogen-bond donors (Lipinski definition) is 1. The third-order valence-corrected chi connectivity index (χ3v) is 3.74. The number of hydrogen-bond acceptors (Lipinski definition) is 4. The molecule has 1 N–H and O–H groups in total. The van der Waals surface area contributed by atoms with Gasteiger partial charge in [0.25, 0.3) is 5.91 Å². The summed E-state index contributed by atoms with van der Waals surface area (Å²) in [6, 6.07) is 24.9. The zero-order chi connectivity index (χ0) is 19.1. The van der Waals surface area contributed by atoms with Gasteiger partial charge in [-0.1, -0.05) is 42.5 Å². The van der Waals surface area contributed by atoms with Crippen LogP contribution in [0.1, 0.15) is 17.3 Å². The second-order valence-electron chi connectivity index (χ2n) is 5.85. The van der Waals surface area contributed by atoms with Crippen LogP contribution >= 0.6 is 0 Å². The van der Waals surface area contributed by atoms with Crippen LogP contribution in [0.4, 0.5) is 5.69 Å². The van der Waals surface area contributed by atoms with Crippen LogP contribution in [0.3, 0.4) is 0 Å². The van der Waals surface area contributed by atoms with Crippen LogP contribution in [0, 0.1) is 0 Å². The van der Waals surface area contributed by atoms with E-state index in [2.05, 4.69) is 5.32 Å². The average Bonchev–Trinajstić information content (AvgIpc) is 2.69. The highest BCUT2D eigenvalue weighted by atomic mass is 16.5. The van der Waals surface area contributed by atoms with E-state index in [0.29, 0.717) is 22.7 Å². The van der Waals surface area contributed by atoms with Gasteiger partial charge < -0.3 is 14.8 Å². The molecule has 5 heteroatoms. The lowest BCUT2D eigenvalue weighted by molar-refractivity contribution is -0.123. The molecule has 3 aromatic carbocycles. The first-order valence-electron chi connectivity index (χ1n) is 8.52. The largest absolute Gasteiger partial charge is 0.457 e. The third kappa shape index (κ3) is 5.19. The summed E-state index contributed by atoms with van der Waals surface area (Å²) in [6.45, 7) is 1.53. The van der Waals surface area contributed by atoms with Gasteiger partial charge in [0, 0.05) is 5.69 Å². The van der Waals surface area contributed by atoms with Crippen molar-refractivity contribution in [1.82, 2.24) is 0 Å². The van der Waals surface area contributed by atoms with Crippen molar-refractivity contribution in [3.8, 4) is 11.5 Å². The molecule has 0 spiro atoms. The molecule has 0 aliphatic carbocycles. The van der Waals surface area contributed by atoms with E-state index in [1.807, 2.05) is 48.5 Å². The molecular formula is C22H19NO4. The van der Waals surface area contributed by atoms with Gasteiger partial charge in [-0.15, -0.1) is 0 Å². The minimum absolute atomic E-state index is 0.308. The van der Waals surface area contributed by atoms with Crippen molar-refractivity contribution in [2.75, 3.05) is 5.32 Å². The average molecular weight is 361 g/mol. The zero-order valence-corrected chi connectivity index (χ0v) is 14.8. The lowest BCUT2D eigenvalue weighted by Crippen LogP contribution is -2.29. The van der Waals surface area contributed by atoms with E-state index < -0.39 is 18.0 Å². The van der Waals surface area contributed by atoms with Gasteiger partial charge in [0.15, 0.2) is 6.10 Å². The number of benzene rings is 3. The van der Waals surface area contributed by atoms with Gasteiger partial charge in [-0.05, 0) is 49.4 Å². The third-order valence-electron chi connectivity index (χ3n) is 3.74. The summed E-state index contributed by atoms with van der Waals surface area (Å²) < 4.78 is 11.0. The normalized spacial score (nSPS) is 11.3. The maximum atomic E-state index is 12.4. The second-order valence-corrected chi connectivity index (χ2v) is 5.85. The summed E-state index contributed by atoms with van der Waals surface area (Å²) in [6.07, 6.45) is -0.934. The number of rotatable bonds is 6. The highest BCUT2D eigenvalue weighted by Gasteiger charge is 2.19. The predicted octanol–water partition coefficient (Wildman–Crippen LogP) is 4.66. The summed E-state index contributed by atoms with van der Waals surface area (Å²) in [5.74, 6) is 0.186. The minimum Gasteiger partial charge on any atom is -0.457 e. The molecule has 0 aliphatic rings. The molecular weight excluding hydrogens is 342 g/mol. The van der Waals surface area contributed by atoms with Crippen molar-refractivity contribution in [2.24, 2.45) is 0 Å². The van der Waals surface area contributed by atoms with E-state index in [0.717, 1.165) is 0 Å². The Bertz CT molecular complexity index is 910. The number of anilines is 1. The van der Waals surface area contributed by atoms with E-state index in [1.54, 1.807) is 36.4 Å². The topological polar surface area (TPSA) is 64.6 Å². The van der Waals surface area contributed by atoms with Gasteiger partial charge >= 0.3 is 5.97 Å². The molecule has 0 heterocycles. The van der Waals surface area contributed by atoms with Crippen molar-refractivity contribution in [3.63, 3.8) is 0 Å². The number of carbonyl (C=O) groups is 2. The Kier molecular flexibility index (Phi) is 5.84. The molecule has 0 fully saturated rings. The first-order valence-corrected chi connectivity index (χ1v) is 8.52. The Morgan fingerprint density at radius 1 is 0.815 bits per heavy atom. The number of para-hydroxylation sites is 2. The minimum atomic E-state index is -0.934. The molecule has 1 amide bonds. The van der Waals surface area contributed by atoms with Crippen LogP contribution in [0.15, 0.2) is 84.9 Å². The Labute approximate surface area is 157 Å². The van der Waals surface area contributed by atoms with Crippen molar-refractivity contribution in [2.45, 2.75) is 13.0 Å². The van der Waals surface area contributed by atoms with Crippen molar-refractivity contribution in [1.29, 1.82) is 0 Å². The molecule has 0 saturated carbocycles. The van der Waals surface area contributed by atoms with Gasteiger partial charge in [0.2, 0.25) is 0 Å². The molecule has 5 nitrogen and oxygen atoms in total. The summed E-state index contributed by atoms with van der Waals surface area (Å²) in [4.78, 5) is 24.5. The van der Waals surface area contributed by atoms with E-state index in [9.17, 15) is 9.59 Å². The van der Waals surface area contributed by atoms with Gasteiger partial charge in [-0.2, -0.15) is 0 Å². The number of ether oxygens (including phenoxy) is 2. The smallest absolute Gasteiger partial charge is 0.339 e. The number of nitrogens with one attached hydrogen (secondary N) is 1. The highest BCUT2D eigenvalue weighted by Crippen LogP contribution is 2.22. The van der Waals surface area contributed by atoms with Crippen molar-refractivity contribution >= 4 is 17.6 Å². The fraction of sp³-hybridized carbons (Fsp3) is 0.0909. The monoisotopic (exact) mass is 361 g/mol. The standard InChI is InChI=1S/C22H19NO4/c1-16(21(24)23-18-10-4-2-5-11-18)26-22(25)17-9-8-14-20(15-17)27-19-12-6-3-7-13-19/h2-16H,1H3,(H,23,24)/t16-/m1/s1. The van der Waals surface area contributed by atoms with Crippen molar-refractivity contribution < 1.29 is 19.1 Å². The SMILES string of the molecule is C[C@@H](OC(=O)c1cccc(Oc2ccccc2)c1)C(=O)Nc1ccccc1. The maximum absolute atomic E-state index is 12.4. The first-order chi connectivity index (χ1) is 13.1. The van der Waals surface area contributed by atoms with Crippen LogP contribution in [0.25, 0.3) is 0 Å². The molecule has 0 aromatic heterocycles. The van der Waals surface area contributed by atoms with Crippen molar-refractivity contribution in [3.05, 3.63) is 90.5 Å². The van der Waals surface area contributed by atoms with Gasteiger partial charge in [0.1, 0.15) is 11.5 Å².